The molecule has 1 amide bonds. The molecule has 2 aromatic heterocycles. The van der Waals surface area contributed by atoms with E-state index >= 15 is 4.39 Å². The zero-order valence-corrected chi connectivity index (χ0v) is 20.8. The van der Waals surface area contributed by atoms with Gasteiger partial charge in [-0.25, -0.2) is 14.4 Å². The van der Waals surface area contributed by atoms with Crippen LogP contribution in [0.2, 0.25) is 5.02 Å². The minimum atomic E-state index is -0.491. The molecule has 1 aliphatic heterocycles. The number of nitrogens with zero attached hydrogens (tertiary/aromatic N) is 6. The molecule has 1 saturated heterocycles. The van der Waals surface area contributed by atoms with Crippen molar-refractivity contribution in [2.24, 2.45) is 7.05 Å². The topological polar surface area (TPSA) is 67.2 Å². The average molecular weight is 493 g/mol. The molecule has 0 aliphatic carbocycles. The van der Waals surface area contributed by atoms with Gasteiger partial charge in [-0.1, -0.05) is 30.3 Å². The predicted molar refractivity (Wildman–Crippen MR) is 137 cm³/mol. The monoisotopic (exact) mass is 492 g/mol. The van der Waals surface area contributed by atoms with Crippen LogP contribution in [0.15, 0.2) is 43.4 Å². The van der Waals surface area contributed by atoms with Gasteiger partial charge in [-0.15, -0.1) is 0 Å². The number of carbonyl (C=O) groups is 1. The van der Waals surface area contributed by atoms with Crippen LogP contribution >= 0.6 is 11.6 Å². The van der Waals surface area contributed by atoms with E-state index in [2.05, 4.69) is 26.5 Å². The summed E-state index contributed by atoms with van der Waals surface area (Å²) in [4.78, 5) is 25.0. The highest BCUT2D eigenvalue weighted by atomic mass is 35.5. The zero-order chi connectivity index (χ0) is 25.0. The second kappa shape index (κ2) is 8.61. The van der Waals surface area contributed by atoms with E-state index in [1.165, 1.54) is 12.4 Å². The maximum absolute atomic E-state index is 16.2. The molecule has 0 N–H and O–H groups in total. The van der Waals surface area contributed by atoms with Crippen LogP contribution in [-0.4, -0.2) is 55.7 Å². The van der Waals surface area contributed by atoms with Gasteiger partial charge in [0.05, 0.1) is 16.7 Å². The second-order valence-electron chi connectivity index (χ2n) is 9.16. The second-order valence-corrected chi connectivity index (χ2v) is 9.56. The van der Waals surface area contributed by atoms with Crippen LogP contribution in [0.1, 0.15) is 19.4 Å². The molecule has 0 bridgehead atoms. The first-order chi connectivity index (χ1) is 16.7. The number of amides is 1. The molecule has 2 atom stereocenters. The van der Waals surface area contributed by atoms with Crippen molar-refractivity contribution in [2.75, 3.05) is 18.0 Å². The fourth-order valence-electron chi connectivity index (χ4n) is 5.32. The van der Waals surface area contributed by atoms with Crippen LogP contribution in [0.5, 0.6) is 0 Å². The fraction of sp³-hybridized carbons (Fsp3) is 0.308. The van der Waals surface area contributed by atoms with Crippen LogP contribution in [-0.2, 0) is 11.8 Å². The van der Waals surface area contributed by atoms with E-state index in [0.29, 0.717) is 35.4 Å². The first-order valence-electron chi connectivity index (χ1n) is 11.5. The quantitative estimate of drug-likeness (QED) is 0.381. The van der Waals surface area contributed by atoms with Crippen molar-refractivity contribution in [3.05, 3.63) is 59.8 Å². The SMILES string of the molecule is C=CC(=O)N1[C@H](C)CN(c2ncnc3c(F)c(-c4c(C)ccc5cnn(C)c45)c(Cl)cc23)C[C@@H]1C. The Balaban J connectivity index is 1.66. The van der Waals surface area contributed by atoms with Gasteiger partial charge >= 0.3 is 0 Å². The van der Waals surface area contributed by atoms with Gasteiger partial charge in [-0.05, 0) is 38.5 Å². The summed E-state index contributed by atoms with van der Waals surface area (Å²) in [7, 11) is 1.83. The van der Waals surface area contributed by atoms with Crippen molar-refractivity contribution >= 4 is 45.1 Å². The lowest BCUT2D eigenvalue weighted by atomic mass is 9.96. The number of hydrogen-bond donors (Lipinski definition) is 0. The van der Waals surface area contributed by atoms with Crippen molar-refractivity contribution in [3.8, 4) is 11.1 Å². The molecule has 0 radical (unpaired) electrons. The van der Waals surface area contributed by atoms with Gasteiger partial charge in [-0.3, -0.25) is 9.48 Å². The summed E-state index contributed by atoms with van der Waals surface area (Å²) in [6, 6.07) is 5.51. The molecular weight excluding hydrogens is 467 g/mol. The molecule has 0 saturated carbocycles. The highest BCUT2D eigenvalue weighted by Gasteiger charge is 2.33. The van der Waals surface area contributed by atoms with Crippen molar-refractivity contribution in [1.82, 2.24) is 24.6 Å². The third-order valence-corrected chi connectivity index (χ3v) is 7.11. The van der Waals surface area contributed by atoms with Gasteiger partial charge in [0.15, 0.2) is 5.82 Å². The molecule has 1 fully saturated rings. The summed E-state index contributed by atoms with van der Waals surface area (Å²) in [6.45, 7) is 10.6. The summed E-state index contributed by atoms with van der Waals surface area (Å²) in [5, 5.41) is 6.07. The first kappa shape index (κ1) is 23.2. The lowest BCUT2D eigenvalue weighted by Gasteiger charge is -2.44. The number of carbonyl (C=O) groups excluding carboxylic acids is 1. The summed E-state index contributed by atoms with van der Waals surface area (Å²) < 4.78 is 17.9. The Kier molecular flexibility index (Phi) is 5.71. The van der Waals surface area contributed by atoms with Crippen LogP contribution in [0.4, 0.5) is 10.2 Å². The summed E-state index contributed by atoms with van der Waals surface area (Å²) in [5.74, 6) is 0.00682. The lowest BCUT2D eigenvalue weighted by Crippen LogP contribution is -2.58. The zero-order valence-electron chi connectivity index (χ0n) is 20.1. The number of fused-ring (bicyclic) bond motifs is 2. The van der Waals surface area contributed by atoms with E-state index in [1.54, 1.807) is 16.9 Å². The van der Waals surface area contributed by atoms with Gasteiger partial charge in [-0.2, -0.15) is 5.10 Å². The Morgan fingerprint density at radius 2 is 1.91 bits per heavy atom. The molecule has 0 spiro atoms. The number of hydrogen-bond acceptors (Lipinski definition) is 5. The molecule has 9 heteroatoms. The number of piperazine rings is 1. The van der Waals surface area contributed by atoms with Crippen LogP contribution < -0.4 is 4.90 Å². The molecule has 0 unspecified atom stereocenters. The van der Waals surface area contributed by atoms with Crippen LogP contribution in [0.3, 0.4) is 0 Å². The summed E-state index contributed by atoms with van der Waals surface area (Å²) in [6.07, 6.45) is 4.47. The smallest absolute Gasteiger partial charge is 0.246 e. The van der Waals surface area contributed by atoms with Gasteiger partial charge in [0.25, 0.3) is 0 Å². The minimum Gasteiger partial charge on any atom is -0.352 e. The molecule has 1 aliphatic rings. The van der Waals surface area contributed by atoms with E-state index < -0.39 is 5.82 Å². The molecule has 4 aromatic rings. The number of halogens is 2. The van der Waals surface area contributed by atoms with Crippen molar-refractivity contribution < 1.29 is 9.18 Å². The molecule has 2 aromatic carbocycles. The molecule has 35 heavy (non-hydrogen) atoms. The first-order valence-corrected chi connectivity index (χ1v) is 11.8. The number of aryl methyl sites for hydroxylation is 2. The third kappa shape index (κ3) is 3.63. The largest absolute Gasteiger partial charge is 0.352 e. The van der Waals surface area contributed by atoms with Gasteiger partial charge < -0.3 is 9.80 Å². The van der Waals surface area contributed by atoms with Crippen LogP contribution in [0, 0.1) is 12.7 Å². The molecule has 180 valence electrons. The standard InChI is InChI=1S/C26H26ClFN6O/c1-6-20(35)34-15(3)11-33(12-16(34)4)26-18-9-19(27)22(23(28)24(18)29-13-30-26)21-14(2)7-8-17-10-31-32(5)25(17)21/h6-10,13,15-16H,1,11-12H2,2-5H3/t15-,16+. The van der Waals surface area contributed by atoms with Crippen molar-refractivity contribution in [3.63, 3.8) is 0 Å². The Bertz CT molecular complexity index is 1490. The number of rotatable bonds is 3. The molecule has 5 rings (SSSR count). The number of aromatic nitrogens is 4. The van der Waals surface area contributed by atoms with Gasteiger partial charge in [0.1, 0.15) is 17.7 Å². The Morgan fingerprint density at radius 1 is 1.20 bits per heavy atom. The van der Waals surface area contributed by atoms with E-state index in [4.69, 9.17) is 11.6 Å². The van der Waals surface area contributed by atoms with Gasteiger partial charge in [0, 0.05) is 54.1 Å². The van der Waals surface area contributed by atoms with Gasteiger partial charge in [0.2, 0.25) is 5.91 Å². The predicted octanol–water partition coefficient (Wildman–Crippen LogP) is 4.90. The Labute approximate surface area is 207 Å². The normalized spacial score (nSPS) is 18.5. The Hall–Kier alpha value is -3.52. The number of benzene rings is 2. The van der Waals surface area contributed by atoms with E-state index in [0.717, 1.165) is 16.5 Å². The molecule has 7 nitrogen and oxygen atoms in total. The number of anilines is 1. The maximum Gasteiger partial charge on any atom is 0.246 e. The summed E-state index contributed by atoms with van der Waals surface area (Å²) >= 11 is 6.78. The minimum absolute atomic E-state index is 0.0704. The van der Waals surface area contributed by atoms with E-state index in [9.17, 15) is 4.79 Å². The third-order valence-electron chi connectivity index (χ3n) is 6.81. The Morgan fingerprint density at radius 3 is 2.60 bits per heavy atom. The fourth-order valence-corrected chi connectivity index (χ4v) is 5.60. The van der Waals surface area contributed by atoms with E-state index in [1.807, 2.05) is 44.9 Å². The van der Waals surface area contributed by atoms with Crippen LogP contribution in [0.25, 0.3) is 32.9 Å². The van der Waals surface area contributed by atoms with Crippen molar-refractivity contribution in [2.45, 2.75) is 32.9 Å². The summed E-state index contributed by atoms with van der Waals surface area (Å²) in [5.41, 5.74) is 2.91. The highest BCUT2D eigenvalue weighted by molar-refractivity contribution is 6.35. The highest BCUT2D eigenvalue weighted by Crippen LogP contribution is 2.42. The molecular formula is C26H26ClFN6O. The average Bonchev–Trinajstić information content (AvgIpc) is 3.20. The van der Waals surface area contributed by atoms with Crippen molar-refractivity contribution in [1.29, 1.82) is 0 Å². The van der Waals surface area contributed by atoms with E-state index in [-0.39, 0.29) is 28.5 Å². The molecule has 3 heterocycles. The lowest BCUT2D eigenvalue weighted by molar-refractivity contribution is -0.130. The maximum atomic E-state index is 16.2.